The Kier molecular flexibility index (Phi) is 9.73. The van der Waals surface area contributed by atoms with Crippen LogP contribution >= 0.6 is 0 Å². The van der Waals surface area contributed by atoms with E-state index < -0.39 is 0 Å². The number of nitrogens with zero attached hydrogens (tertiary/aromatic N) is 5. The van der Waals surface area contributed by atoms with Crippen LogP contribution in [0.15, 0.2) is 42.7 Å². The van der Waals surface area contributed by atoms with Crippen molar-refractivity contribution in [3.8, 4) is 0 Å². The van der Waals surface area contributed by atoms with E-state index in [-0.39, 0.29) is 5.91 Å². The summed E-state index contributed by atoms with van der Waals surface area (Å²) >= 11 is 0. The van der Waals surface area contributed by atoms with Crippen molar-refractivity contribution in [2.24, 2.45) is 11.8 Å². The van der Waals surface area contributed by atoms with Crippen molar-refractivity contribution in [3.63, 3.8) is 0 Å². The topological polar surface area (TPSA) is 54.3 Å². The molecular formula is C31H45N5O. The van der Waals surface area contributed by atoms with Gasteiger partial charge >= 0.3 is 0 Å². The number of aromatic nitrogens is 3. The summed E-state index contributed by atoms with van der Waals surface area (Å²) in [5.41, 5.74) is 4.02. The number of hydrogen-bond acceptors (Lipinski definition) is 4. The van der Waals surface area contributed by atoms with Crippen LogP contribution in [0.1, 0.15) is 81.5 Å². The van der Waals surface area contributed by atoms with E-state index in [0.29, 0.717) is 11.8 Å². The zero-order chi connectivity index (χ0) is 26.2. The molecule has 0 bridgehead atoms. The Hall–Kier alpha value is -2.73. The molecule has 1 aromatic carbocycles. The summed E-state index contributed by atoms with van der Waals surface area (Å²) in [6.07, 6.45) is 10.2. The van der Waals surface area contributed by atoms with Gasteiger partial charge in [0, 0.05) is 44.0 Å². The predicted molar refractivity (Wildman–Crippen MR) is 152 cm³/mol. The molecule has 0 radical (unpaired) electrons. The van der Waals surface area contributed by atoms with E-state index in [9.17, 15) is 4.79 Å². The van der Waals surface area contributed by atoms with Crippen LogP contribution in [-0.4, -0.2) is 63.0 Å². The highest BCUT2D eigenvalue weighted by molar-refractivity contribution is 5.97. The monoisotopic (exact) mass is 503 g/mol. The Bertz CT molecular complexity index is 1120. The van der Waals surface area contributed by atoms with Crippen molar-refractivity contribution in [1.82, 2.24) is 24.3 Å². The van der Waals surface area contributed by atoms with Crippen molar-refractivity contribution in [3.05, 3.63) is 59.7 Å². The number of carbonyl (C=O) groups is 1. The molecule has 0 N–H and O–H groups in total. The number of hydrogen-bond donors (Lipinski definition) is 0. The molecule has 0 saturated carbocycles. The molecule has 0 unspecified atom stereocenters. The second-order valence-electron chi connectivity index (χ2n) is 11.5. The van der Waals surface area contributed by atoms with Gasteiger partial charge in [0.15, 0.2) is 0 Å². The number of likely N-dealkylation sites (tertiary alicyclic amines) is 1. The van der Waals surface area contributed by atoms with Crippen LogP contribution in [0.4, 0.5) is 0 Å². The van der Waals surface area contributed by atoms with E-state index >= 15 is 0 Å². The molecule has 37 heavy (non-hydrogen) atoms. The molecule has 6 heteroatoms. The molecule has 3 aromatic rings. The van der Waals surface area contributed by atoms with Crippen LogP contribution in [0.3, 0.4) is 0 Å². The molecule has 2 aromatic heterocycles. The van der Waals surface area contributed by atoms with Gasteiger partial charge in [0.1, 0.15) is 5.82 Å². The lowest BCUT2D eigenvalue weighted by Gasteiger charge is -2.25. The van der Waals surface area contributed by atoms with Gasteiger partial charge in [-0.1, -0.05) is 27.7 Å². The average molecular weight is 504 g/mol. The first-order valence-electron chi connectivity index (χ1n) is 14.3. The lowest BCUT2D eigenvalue weighted by Crippen LogP contribution is -2.34. The minimum Gasteiger partial charge on any atom is -0.339 e. The minimum atomic E-state index is 0.142. The molecule has 1 saturated heterocycles. The Balaban J connectivity index is 1.61. The molecule has 200 valence electrons. The summed E-state index contributed by atoms with van der Waals surface area (Å²) in [7, 11) is 0. The van der Waals surface area contributed by atoms with Crippen molar-refractivity contribution in [2.75, 3.05) is 32.7 Å². The first-order chi connectivity index (χ1) is 17.9. The van der Waals surface area contributed by atoms with Crippen molar-refractivity contribution in [2.45, 2.75) is 72.8 Å². The van der Waals surface area contributed by atoms with Crippen molar-refractivity contribution < 1.29 is 4.79 Å². The molecule has 0 atom stereocenters. The normalized spacial score (nSPS) is 14.3. The average Bonchev–Trinajstić information content (AvgIpc) is 3.52. The summed E-state index contributed by atoms with van der Waals surface area (Å²) < 4.78 is 2.36. The van der Waals surface area contributed by atoms with E-state index in [1.807, 2.05) is 24.5 Å². The van der Waals surface area contributed by atoms with Crippen LogP contribution in [0.5, 0.6) is 0 Å². The number of imidazole rings is 1. The number of fused-ring (bicyclic) bond motifs is 1. The molecule has 0 aliphatic carbocycles. The maximum Gasteiger partial charge on any atom is 0.253 e. The molecule has 3 heterocycles. The number of rotatable bonds is 13. The second kappa shape index (κ2) is 13.2. The third kappa shape index (κ3) is 7.64. The van der Waals surface area contributed by atoms with E-state index in [2.05, 4.69) is 65.2 Å². The SMILES string of the molecule is CC(C)CCN(CCC(C)C)C(=O)c1ccc2nc(Cc3ccncc3)n(CCCN3CCCC3)c2c1. The zero-order valence-corrected chi connectivity index (χ0v) is 23.3. The maximum atomic E-state index is 13.7. The third-order valence-electron chi connectivity index (χ3n) is 7.48. The van der Waals surface area contributed by atoms with Gasteiger partial charge in [0.05, 0.1) is 11.0 Å². The highest BCUT2D eigenvalue weighted by Crippen LogP contribution is 2.23. The summed E-state index contributed by atoms with van der Waals surface area (Å²) in [5.74, 6) is 2.35. The van der Waals surface area contributed by atoms with Gasteiger partial charge in [-0.25, -0.2) is 4.98 Å². The summed E-state index contributed by atoms with van der Waals surface area (Å²) in [6.45, 7) is 15.0. The van der Waals surface area contributed by atoms with Crippen LogP contribution in [0.25, 0.3) is 11.0 Å². The summed E-state index contributed by atoms with van der Waals surface area (Å²) in [5, 5.41) is 0. The Morgan fingerprint density at radius 2 is 1.62 bits per heavy atom. The molecule has 0 spiro atoms. The molecule has 1 aliphatic heterocycles. The molecular weight excluding hydrogens is 458 g/mol. The number of carbonyl (C=O) groups excluding carboxylic acids is 1. The molecule has 4 rings (SSSR count). The van der Waals surface area contributed by atoms with Crippen LogP contribution in [0, 0.1) is 11.8 Å². The first kappa shape index (κ1) is 27.3. The molecule has 1 fully saturated rings. The number of benzene rings is 1. The van der Waals surface area contributed by atoms with Crippen LogP contribution in [-0.2, 0) is 13.0 Å². The van der Waals surface area contributed by atoms with Crippen LogP contribution < -0.4 is 0 Å². The molecule has 1 aliphatic rings. The van der Waals surface area contributed by atoms with E-state index in [0.717, 1.165) is 74.3 Å². The van der Waals surface area contributed by atoms with Gasteiger partial charge in [0.25, 0.3) is 5.91 Å². The van der Waals surface area contributed by atoms with E-state index in [4.69, 9.17) is 4.98 Å². The van der Waals surface area contributed by atoms with Gasteiger partial charge in [-0.3, -0.25) is 9.78 Å². The molecule has 6 nitrogen and oxygen atoms in total. The lowest BCUT2D eigenvalue weighted by molar-refractivity contribution is 0.0741. The minimum absolute atomic E-state index is 0.142. The van der Waals surface area contributed by atoms with Gasteiger partial charge < -0.3 is 14.4 Å². The highest BCUT2D eigenvalue weighted by atomic mass is 16.2. The van der Waals surface area contributed by atoms with Crippen molar-refractivity contribution >= 4 is 16.9 Å². The van der Waals surface area contributed by atoms with Gasteiger partial charge in [0.2, 0.25) is 0 Å². The van der Waals surface area contributed by atoms with Gasteiger partial charge in [-0.15, -0.1) is 0 Å². The van der Waals surface area contributed by atoms with E-state index in [1.54, 1.807) is 0 Å². The fraction of sp³-hybridized carbons (Fsp3) is 0.581. The highest BCUT2D eigenvalue weighted by Gasteiger charge is 2.20. The largest absolute Gasteiger partial charge is 0.339 e. The maximum absolute atomic E-state index is 13.7. The number of pyridine rings is 1. The Labute approximate surface area is 223 Å². The number of aryl methyl sites for hydroxylation is 1. The van der Waals surface area contributed by atoms with Crippen molar-refractivity contribution in [1.29, 1.82) is 0 Å². The van der Waals surface area contributed by atoms with Gasteiger partial charge in [-0.2, -0.15) is 0 Å². The Morgan fingerprint density at radius 3 is 2.27 bits per heavy atom. The molecule has 1 amide bonds. The van der Waals surface area contributed by atoms with Gasteiger partial charge in [-0.05, 0) is 99.5 Å². The predicted octanol–water partition coefficient (Wildman–Crippen LogP) is 6.04. The fourth-order valence-corrected chi connectivity index (χ4v) is 5.16. The van der Waals surface area contributed by atoms with Crippen LogP contribution in [0.2, 0.25) is 0 Å². The smallest absolute Gasteiger partial charge is 0.253 e. The fourth-order valence-electron chi connectivity index (χ4n) is 5.16. The summed E-state index contributed by atoms with van der Waals surface area (Å²) in [4.78, 5) is 27.5. The third-order valence-corrected chi connectivity index (χ3v) is 7.48. The zero-order valence-electron chi connectivity index (χ0n) is 23.3. The van der Waals surface area contributed by atoms with E-state index in [1.165, 1.54) is 31.5 Å². The first-order valence-corrected chi connectivity index (χ1v) is 14.3. The Morgan fingerprint density at radius 1 is 0.946 bits per heavy atom. The summed E-state index contributed by atoms with van der Waals surface area (Å²) in [6, 6.07) is 10.2. The quantitative estimate of drug-likeness (QED) is 0.285. The number of amides is 1. The standard InChI is InChI=1S/C31H45N5O/c1-24(2)12-20-35(21-13-25(3)4)31(37)27-8-9-28-29(23-27)36(19-7-18-34-16-5-6-17-34)30(33-28)22-26-10-14-32-15-11-26/h8-11,14-15,23-25H,5-7,12-13,16-22H2,1-4H3. The lowest BCUT2D eigenvalue weighted by atomic mass is 10.1. The second-order valence-corrected chi connectivity index (χ2v) is 11.5.